The predicted molar refractivity (Wildman–Crippen MR) is 94.0 cm³/mol. The Bertz CT molecular complexity index is 967. The number of oxime groups is 1. The van der Waals surface area contributed by atoms with Crippen molar-refractivity contribution in [3.05, 3.63) is 42.4 Å². The number of amidine groups is 1. The van der Waals surface area contributed by atoms with Gasteiger partial charge in [0, 0.05) is 18.6 Å². The van der Waals surface area contributed by atoms with Crippen LogP contribution in [0, 0.1) is 0 Å². The van der Waals surface area contributed by atoms with Crippen LogP contribution in [-0.2, 0) is 18.0 Å². The average Bonchev–Trinajstić information content (AvgIpc) is 3.02. The molecule has 4 N–H and O–H groups in total. The lowest BCUT2D eigenvalue weighted by Crippen LogP contribution is -2.15. The van der Waals surface area contributed by atoms with Crippen LogP contribution in [0.1, 0.15) is 5.69 Å². The van der Waals surface area contributed by atoms with E-state index >= 15 is 0 Å². The molecule has 0 aliphatic carbocycles. The highest BCUT2D eigenvalue weighted by atomic mass is 32.2. The Morgan fingerprint density at radius 1 is 1.36 bits per heavy atom. The number of rotatable bonds is 5. The molecule has 0 bridgehead atoms. The van der Waals surface area contributed by atoms with E-state index in [0.717, 1.165) is 10.9 Å². The Morgan fingerprint density at radius 3 is 2.80 bits per heavy atom. The van der Waals surface area contributed by atoms with Crippen molar-refractivity contribution in [1.29, 1.82) is 0 Å². The quantitative estimate of drug-likeness (QED) is 0.271. The summed E-state index contributed by atoms with van der Waals surface area (Å²) >= 11 is 0. The number of methoxy groups -OCH3 is 1. The van der Waals surface area contributed by atoms with E-state index in [9.17, 15) is 4.21 Å². The third kappa shape index (κ3) is 3.11. The predicted octanol–water partition coefficient (Wildman–Crippen LogP) is 1.21. The Kier molecular flexibility index (Phi) is 4.52. The zero-order valence-electron chi connectivity index (χ0n) is 13.5. The van der Waals surface area contributed by atoms with Gasteiger partial charge in [-0.05, 0) is 24.3 Å². The van der Waals surface area contributed by atoms with Gasteiger partial charge in [-0.15, -0.1) is 0 Å². The zero-order valence-corrected chi connectivity index (χ0v) is 14.3. The molecule has 0 saturated carbocycles. The minimum atomic E-state index is -1.59. The summed E-state index contributed by atoms with van der Waals surface area (Å²) in [4.78, 5) is 4.45. The number of aromatic nitrogens is 3. The minimum absolute atomic E-state index is 0.119. The van der Waals surface area contributed by atoms with Crippen LogP contribution in [0.25, 0.3) is 10.9 Å². The monoisotopic (exact) mass is 360 g/mol. The van der Waals surface area contributed by atoms with Crippen LogP contribution in [0.4, 0.5) is 5.69 Å². The third-order valence-corrected chi connectivity index (χ3v) is 4.66. The summed E-state index contributed by atoms with van der Waals surface area (Å²) in [6.45, 7) is 0. The van der Waals surface area contributed by atoms with Gasteiger partial charge in [-0.3, -0.25) is 14.4 Å². The number of nitrogens with two attached hydrogens (primary N) is 1. The summed E-state index contributed by atoms with van der Waals surface area (Å²) in [5.74, 6) is 0.428. The summed E-state index contributed by atoms with van der Waals surface area (Å²) in [5, 5.41) is 16.6. The van der Waals surface area contributed by atoms with E-state index in [1.807, 2.05) is 6.07 Å². The van der Waals surface area contributed by atoms with Crippen LogP contribution in [0.3, 0.4) is 0 Å². The molecule has 0 aliphatic heterocycles. The minimum Gasteiger partial charge on any atom is -0.494 e. The van der Waals surface area contributed by atoms with E-state index in [4.69, 9.17) is 15.7 Å². The maximum absolute atomic E-state index is 12.7. The van der Waals surface area contributed by atoms with E-state index < -0.39 is 11.0 Å². The maximum atomic E-state index is 12.7. The first-order valence-corrected chi connectivity index (χ1v) is 8.31. The Balaban J connectivity index is 1.95. The van der Waals surface area contributed by atoms with Crippen molar-refractivity contribution in [2.75, 3.05) is 11.8 Å². The van der Waals surface area contributed by atoms with Crippen LogP contribution < -0.4 is 15.2 Å². The second-order valence-electron chi connectivity index (χ2n) is 5.08. The number of hydrogen-bond acceptors (Lipinski definition) is 6. The van der Waals surface area contributed by atoms with Gasteiger partial charge in [0.15, 0.2) is 16.8 Å². The standard InChI is InChI=1S/C15H16N6O3S/c1-21-14-9(7-18-21)3-6-12(24-2)13(14)20-25(23)10-4-5-11(17-8-10)15(16)19-22/h3-8,20,22H,1-2H3,(H2,16,19). The van der Waals surface area contributed by atoms with Crippen molar-refractivity contribution in [2.24, 2.45) is 17.9 Å². The summed E-state index contributed by atoms with van der Waals surface area (Å²) in [5.41, 5.74) is 7.10. The molecule has 2 aromatic heterocycles. The molecule has 0 fully saturated rings. The highest BCUT2D eigenvalue weighted by molar-refractivity contribution is 7.86. The van der Waals surface area contributed by atoms with Crippen molar-refractivity contribution >= 4 is 33.4 Å². The second kappa shape index (κ2) is 6.77. The molecule has 10 heteroatoms. The number of nitrogens with zero attached hydrogens (tertiary/aromatic N) is 4. The zero-order chi connectivity index (χ0) is 18.0. The normalized spacial score (nSPS) is 13.0. The fourth-order valence-electron chi connectivity index (χ4n) is 2.36. The van der Waals surface area contributed by atoms with Gasteiger partial charge in [-0.1, -0.05) is 5.16 Å². The van der Waals surface area contributed by atoms with E-state index in [-0.39, 0.29) is 11.5 Å². The summed E-state index contributed by atoms with van der Waals surface area (Å²) in [7, 11) is 1.74. The van der Waals surface area contributed by atoms with Crippen molar-refractivity contribution in [2.45, 2.75) is 4.90 Å². The van der Waals surface area contributed by atoms with Crippen molar-refractivity contribution in [1.82, 2.24) is 14.8 Å². The molecule has 1 unspecified atom stereocenters. The maximum Gasteiger partial charge on any atom is 0.188 e. The lowest BCUT2D eigenvalue weighted by atomic mass is 10.2. The molecule has 1 atom stereocenters. The number of pyridine rings is 1. The molecule has 130 valence electrons. The smallest absolute Gasteiger partial charge is 0.188 e. The van der Waals surface area contributed by atoms with Gasteiger partial charge in [0.2, 0.25) is 0 Å². The molecule has 9 nitrogen and oxygen atoms in total. The average molecular weight is 360 g/mol. The molecule has 0 radical (unpaired) electrons. The van der Waals surface area contributed by atoms with Crippen LogP contribution in [0.15, 0.2) is 46.7 Å². The summed E-state index contributed by atoms with van der Waals surface area (Å²) < 4.78 is 22.7. The first kappa shape index (κ1) is 16.7. The Morgan fingerprint density at radius 2 is 2.16 bits per heavy atom. The van der Waals surface area contributed by atoms with Gasteiger partial charge < -0.3 is 15.7 Å². The first-order valence-electron chi connectivity index (χ1n) is 7.16. The molecule has 0 spiro atoms. The molecule has 0 amide bonds. The largest absolute Gasteiger partial charge is 0.494 e. The van der Waals surface area contributed by atoms with Crippen molar-refractivity contribution in [3.63, 3.8) is 0 Å². The topological polar surface area (TPSA) is 128 Å². The number of ether oxygens (including phenoxy) is 1. The van der Waals surface area contributed by atoms with E-state index in [1.54, 1.807) is 37.2 Å². The summed E-state index contributed by atoms with van der Waals surface area (Å²) in [6, 6.07) is 6.76. The third-order valence-electron chi connectivity index (χ3n) is 3.60. The molecular weight excluding hydrogens is 344 g/mol. The molecule has 3 rings (SSSR count). The van der Waals surface area contributed by atoms with Crippen molar-refractivity contribution < 1.29 is 14.2 Å². The van der Waals surface area contributed by atoms with E-state index in [2.05, 4.69) is 20.0 Å². The van der Waals surface area contributed by atoms with E-state index in [0.29, 0.717) is 16.3 Å². The van der Waals surface area contributed by atoms with Crippen LogP contribution in [0.5, 0.6) is 5.75 Å². The number of nitrogens with one attached hydrogen (secondary N) is 1. The van der Waals surface area contributed by atoms with Gasteiger partial charge >= 0.3 is 0 Å². The van der Waals surface area contributed by atoms with Gasteiger partial charge in [-0.25, -0.2) is 4.21 Å². The van der Waals surface area contributed by atoms with Crippen LogP contribution in [-0.4, -0.2) is 37.1 Å². The molecule has 3 aromatic rings. The van der Waals surface area contributed by atoms with Gasteiger partial charge in [0.25, 0.3) is 0 Å². The highest BCUT2D eigenvalue weighted by Crippen LogP contribution is 2.33. The molecular formula is C15H16N6O3S. The number of anilines is 1. The van der Waals surface area contributed by atoms with Gasteiger partial charge in [-0.2, -0.15) is 5.10 Å². The van der Waals surface area contributed by atoms with Gasteiger partial charge in [0.05, 0.1) is 23.7 Å². The molecule has 0 saturated heterocycles. The molecule has 1 aromatic carbocycles. The SMILES string of the molecule is COc1ccc2cnn(C)c2c1NS(=O)c1ccc(/C(N)=N/O)nc1. The van der Waals surface area contributed by atoms with Crippen LogP contribution >= 0.6 is 0 Å². The first-order chi connectivity index (χ1) is 12.0. The number of aryl methyl sites for hydroxylation is 1. The van der Waals surface area contributed by atoms with Crippen molar-refractivity contribution in [3.8, 4) is 5.75 Å². The second-order valence-corrected chi connectivity index (χ2v) is 6.30. The number of hydrogen-bond donors (Lipinski definition) is 3. The van der Waals surface area contributed by atoms with Gasteiger partial charge in [0.1, 0.15) is 17.1 Å². The molecule has 0 aliphatic rings. The van der Waals surface area contributed by atoms with E-state index in [1.165, 1.54) is 12.3 Å². The Labute approximate surface area is 145 Å². The fourth-order valence-corrected chi connectivity index (χ4v) is 3.20. The fraction of sp³-hybridized carbons (Fsp3) is 0.133. The Hall–Kier alpha value is -3.14. The lowest BCUT2D eigenvalue weighted by molar-refractivity contribution is 0.318. The van der Waals surface area contributed by atoms with Crippen LogP contribution in [0.2, 0.25) is 0 Å². The number of benzene rings is 1. The lowest BCUT2D eigenvalue weighted by Gasteiger charge is -2.13. The highest BCUT2D eigenvalue weighted by Gasteiger charge is 2.15. The molecule has 25 heavy (non-hydrogen) atoms. The molecule has 2 heterocycles. The summed E-state index contributed by atoms with van der Waals surface area (Å²) in [6.07, 6.45) is 3.11. The number of fused-ring (bicyclic) bond motifs is 1.